The van der Waals surface area contributed by atoms with Crippen molar-refractivity contribution < 1.29 is 14.4 Å². The molecule has 24 heavy (non-hydrogen) atoms. The van der Waals surface area contributed by atoms with Crippen molar-refractivity contribution in [1.29, 1.82) is 0 Å². The Morgan fingerprint density at radius 1 is 1.17 bits per heavy atom. The summed E-state index contributed by atoms with van der Waals surface area (Å²) >= 11 is 0. The van der Waals surface area contributed by atoms with Crippen molar-refractivity contribution in [1.82, 2.24) is 15.6 Å². The summed E-state index contributed by atoms with van der Waals surface area (Å²) in [6.45, 7) is 4.36. The molecular weight excluding hydrogens is 306 g/mol. The second-order valence-electron chi connectivity index (χ2n) is 6.12. The number of nitrogens with zero attached hydrogens (tertiary/aromatic N) is 1. The molecule has 0 spiro atoms. The third kappa shape index (κ3) is 7.85. The molecule has 132 valence electrons. The van der Waals surface area contributed by atoms with Gasteiger partial charge in [0.05, 0.1) is 0 Å². The lowest BCUT2D eigenvalue weighted by atomic mass is 10.0. The monoisotopic (exact) mass is 333 g/mol. The first-order chi connectivity index (χ1) is 11.5. The van der Waals surface area contributed by atoms with Crippen LogP contribution < -0.4 is 10.6 Å². The van der Waals surface area contributed by atoms with E-state index in [9.17, 15) is 14.4 Å². The van der Waals surface area contributed by atoms with Crippen molar-refractivity contribution in [2.75, 3.05) is 6.54 Å². The fourth-order valence-electron chi connectivity index (χ4n) is 2.29. The molecule has 1 unspecified atom stereocenters. The van der Waals surface area contributed by atoms with Gasteiger partial charge in [0, 0.05) is 37.7 Å². The minimum Gasteiger partial charge on any atom is -0.354 e. The van der Waals surface area contributed by atoms with Crippen molar-refractivity contribution >= 4 is 18.1 Å². The number of nitrogens with one attached hydrogen (secondary N) is 2. The summed E-state index contributed by atoms with van der Waals surface area (Å²) in [5.74, 6) is 0.178. The van der Waals surface area contributed by atoms with E-state index in [1.54, 1.807) is 12.4 Å². The number of Topliss-reactive ketones (excluding diaryl/α,β-unsaturated/α-hetero) is 1. The Bertz CT molecular complexity index is 518. The Balaban J connectivity index is 2.28. The molecule has 0 aromatic carbocycles. The first-order valence-electron chi connectivity index (χ1n) is 8.43. The van der Waals surface area contributed by atoms with Crippen LogP contribution in [0, 0.1) is 5.92 Å². The van der Waals surface area contributed by atoms with Crippen LogP contribution in [0.25, 0.3) is 0 Å². The highest BCUT2D eigenvalue weighted by atomic mass is 16.2. The molecule has 2 amide bonds. The lowest BCUT2D eigenvalue weighted by Gasteiger charge is -2.16. The molecule has 2 N–H and O–H groups in total. The van der Waals surface area contributed by atoms with E-state index in [1.807, 2.05) is 26.0 Å². The number of hydrogen-bond donors (Lipinski definition) is 2. The summed E-state index contributed by atoms with van der Waals surface area (Å²) in [4.78, 5) is 38.3. The molecule has 1 aromatic rings. The third-order valence-corrected chi connectivity index (χ3v) is 3.82. The van der Waals surface area contributed by atoms with E-state index in [1.165, 1.54) is 0 Å². The largest absolute Gasteiger partial charge is 0.354 e. The second-order valence-corrected chi connectivity index (χ2v) is 6.12. The minimum atomic E-state index is -0.590. The molecular formula is C18H27N3O3. The van der Waals surface area contributed by atoms with Gasteiger partial charge in [-0.25, -0.2) is 0 Å². The molecule has 0 bridgehead atoms. The molecule has 0 aliphatic heterocycles. The zero-order chi connectivity index (χ0) is 17.8. The van der Waals surface area contributed by atoms with Crippen LogP contribution in [0.2, 0.25) is 0 Å². The molecule has 0 aliphatic carbocycles. The number of unbranched alkanes of at least 4 members (excludes halogenated alkanes) is 2. The number of pyridine rings is 1. The summed E-state index contributed by atoms with van der Waals surface area (Å²) < 4.78 is 0. The highest BCUT2D eigenvalue weighted by Gasteiger charge is 2.17. The predicted molar refractivity (Wildman–Crippen MR) is 92.3 cm³/mol. The molecule has 1 heterocycles. The average molecular weight is 333 g/mol. The van der Waals surface area contributed by atoms with Gasteiger partial charge < -0.3 is 10.6 Å². The molecule has 1 atom stereocenters. The van der Waals surface area contributed by atoms with Crippen LogP contribution in [0.1, 0.15) is 45.1 Å². The Hall–Kier alpha value is -2.24. The van der Waals surface area contributed by atoms with E-state index >= 15 is 0 Å². The zero-order valence-electron chi connectivity index (χ0n) is 14.5. The van der Waals surface area contributed by atoms with Crippen molar-refractivity contribution in [2.45, 2.75) is 52.0 Å². The third-order valence-electron chi connectivity index (χ3n) is 3.82. The molecule has 0 aliphatic rings. The van der Waals surface area contributed by atoms with E-state index in [4.69, 9.17) is 0 Å². The second kappa shape index (κ2) is 11.3. The summed E-state index contributed by atoms with van der Waals surface area (Å²) in [7, 11) is 0. The van der Waals surface area contributed by atoms with Gasteiger partial charge in [0.2, 0.25) is 12.3 Å². The number of aromatic nitrogens is 1. The first kappa shape index (κ1) is 19.8. The van der Waals surface area contributed by atoms with Crippen molar-refractivity contribution in [2.24, 2.45) is 5.92 Å². The van der Waals surface area contributed by atoms with Gasteiger partial charge in [-0.1, -0.05) is 20.3 Å². The van der Waals surface area contributed by atoms with Gasteiger partial charge >= 0.3 is 0 Å². The van der Waals surface area contributed by atoms with Gasteiger partial charge in [-0.3, -0.25) is 19.4 Å². The van der Waals surface area contributed by atoms with E-state index in [-0.39, 0.29) is 17.6 Å². The molecule has 0 saturated carbocycles. The van der Waals surface area contributed by atoms with Gasteiger partial charge in [0.15, 0.2) is 0 Å². The van der Waals surface area contributed by atoms with Gasteiger partial charge in [-0.15, -0.1) is 0 Å². The summed E-state index contributed by atoms with van der Waals surface area (Å²) in [6.07, 6.45) is 7.45. The van der Waals surface area contributed by atoms with Crippen LogP contribution in [0.4, 0.5) is 0 Å². The summed E-state index contributed by atoms with van der Waals surface area (Å²) in [6, 6.07) is 3.05. The van der Waals surface area contributed by atoms with Crippen LogP contribution in [0.3, 0.4) is 0 Å². The topological polar surface area (TPSA) is 88.2 Å². The molecule has 0 radical (unpaired) electrons. The summed E-state index contributed by atoms with van der Waals surface area (Å²) in [5, 5.41) is 5.39. The van der Waals surface area contributed by atoms with Gasteiger partial charge in [-0.2, -0.15) is 0 Å². The SMILES string of the molecule is CC(C)C(=O)CCCCCNC(=O)C(Cc1ccncc1)NC=O. The molecule has 0 saturated heterocycles. The minimum absolute atomic E-state index is 0.0908. The molecule has 1 aromatic heterocycles. The number of rotatable bonds is 12. The number of hydrogen-bond acceptors (Lipinski definition) is 4. The van der Waals surface area contributed by atoms with Crippen LogP contribution in [-0.4, -0.2) is 35.7 Å². The molecule has 1 rings (SSSR count). The maximum atomic E-state index is 12.2. The van der Waals surface area contributed by atoms with Gasteiger partial charge in [0.25, 0.3) is 0 Å². The lowest BCUT2D eigenvalue weighted by molar-refractivity contribution is -0.125. The van der Waals surface area contributed by atoms with Crippen LogP contribution in [0.15, 0.2) is 24.5 Å². The predicted octanol–water partition coefficient (Wildman–Crippen LogP) is 1.64. The number of carbonyl (C=O) groups is 3. The van der Waals surface area contributed by atoms with Crippen LogP contribution >= 0.6 is 0 Å². The molecule has 6 heteroatoms. The number of carbonyl (C=O) groups excluding carboxylic acids is 3. The van der Waals surface area contributed by atoms with E-state index in [2.05, 4.69) is 15.6 Å². The van der Waals surface area contributed by atoms with Gasteiger partial charge in [-0.05, 0) is 30.5 Å². The quantitative estimate of drug-likeness (QED) is 0.449. The zero-order valence-corrected chi connectivity index (χ0v) is 14.5. The maximum absolute atomic E-state index is 12.2. The van der Waals surface area contributed by atoms with E-state index in [0.717, 1.165) is 24.8 Å². The molecule has 6 nitrogen and oxygen atoms in total. The highest BCUT2D eigenvalue weighted by molar-refractivity contribution is 5.83. The maximum Gasteiger partial charge on any atom is 0.242 e. The van der Waals surface area contributed by atoms with Crippen molar-refractivity contribution in [3.63, 3.8) is 0 Å². The fraction of sp³-hybridized carbons (Fsp3) is 0.556. The van der Waals surface area contributed by atoms with Gasteiger partial charge in [0.1, 0.15) is 11.8 Å². The van der Waals surface area contributed by atoms with E-state index in [0.29, 0.717) is 25.8 Å². The highest BCUT2D eigenvalue weighted by Crippen LogP contribution is 2.06. The number of ketones is 1. The smallest absolute Gasteiger partial charge is 0.242 e. The Kier molecular flexibility index (Phi) is 9.34. The first-order valence-corrected chi connectivity index (χ1v) is 8.43. The average Bonchev–Trinajstić information content (AvgIpc) is 2.58. The standard InChI is InChI=1S/C18H27N3O3/c1-14(2)17(23)6-4-3-5-9-20-18(24)16(21-13-22)12-15-7-10-19-11-8-15/h7-8,10-11,13-14,16H,3-6,9,12H2,1-2H3,(H,20,24)(H,21,22). The Morgan fingerprint density at radius 3 is 2.50 bits per heavy atom. The van der Waals surface area contributed by atoms with Crippen LogP contribution in [0.5, 0.6) is 0 Å². The normalized spacial score (nSPS) is 11.8. The number of amides is 2. The molecule has 0 fully saturated rings. The van der Waals surface area contributed by atoms with Crippen molar-refractivity contribution in [3.05, 3.63) is 30.1 Å². The Labute approximate surface area is 143 Å². The van der Waals surface area contributed by atoms with Crippen molar-refractivity contribution in [3.8, 4) is 0 Å². The van der Waals surface area contributed by atoms with E-state index < -0.39 is 6.04 Å². The Morgan fingerprint density at radius 2 is 1.88 bits per heavy atom. The summed E-state index contributed by atoms with van der Waals surface area (Å²) in [5.41, 5.74) is 0.937. The lowest BCUT2D eigenvalue weighted by Crippen LogP contribution is -2.45. The van der Waals surface area contributed by atoms with Crippen LogP contribution in [-0.2, 0) is 20.8 Å². The fourth-order valence-corrected chi connectivity index (χ4v) is 2.29.